The van der Waals surface area contributed by atoms with Crippen molar-refractivity contribution in [1.82, 2.24) is 10.2 Å². The van der Waals surface area contributed by atoms with E-state index in [0.29, 0.717) is 31.0 Å². The molecule has 0 saturated heterocycles. The molecule has 0 aliphatic heterocycles. The van der Waals surface area contributed by atoms with Gasteiger partial charge in [-0.15, -0.1) is 0 Å². The fourth-order valence-corrected chi connectivity index (χ4v) is 2.59. The molecule has 0 aliphatic carbocycles. The quantitative estimate of drug-likeness (QED) is 0.644. The van der Waals surface area contributed by atoms with Crippen LogP contribution in [0.2, 0.25) is 0 Å². The Labute approximate surface area is 147 Å². The molecule has 0 saturated carbocycles. The second-order valence-electron chi connectivity index (χ2n) is 5.63. The van der Waals surface area contributed by atoms with Gasteiger partial charge in [0.1, 0.15) is 17.4 Å². The number of benzene rings is 2. The number of nitrogens with zero attached hydrogens (tertiary/aromatic N) is 2. The van der Waals surface area contributed by atoms with Crippen molar-refractivity contribution in [2.45, 2.75) is 13.0 Å². The summed E-state index contributed by atoms with van der Waals surface area (Å²) in [6.45, 7) is 1.06. The first-order valence-electron chi connectivity index (χ1n) is 8.02. The van der Waals surface area contributed by atoms with Crippen molar-refractivity contribution >= 4 is 5.96 Å². The lowest BCUT2D eigenvalue weighted by Gasteiger charge is -2.23. The Morgan fingerprint density at radius 1 is 1.16 bits per heavy atom. The minimum Gasteiger partial charge on any atom is -0.496 e. The molecule has 25 heavy (non-hydrogen) atoms. The first-order valence-corrected chi connectivity index (χ1v) is 8.02. The maximum absolute atomic E-state index is 13.7. The molecule has 2 aromatic carbocycles. The Bertz CT molecular complexity index is 734. The lowest BCUT2D eigenvalue weighted by molar-refractivity contribution is 0.396. The second-order valence-corrected chi connectivity index (χ2v) is 5.63. The highest BCUT2D eigenvalue weighted by Crippen LogP contribution is 2.18. The van der Waals surface area contributed by atoms with E-state index in [9.17, 15) is 8.78 Å². The number of hydrogen-bond acceptors (Lipinski definition) is 2. The molecule has 134 valence electrons. The third-order valence-electron chi connectivity index (χ3n) is 3.86. The molecule has 6 heteroatoms. The van der Waals surface area contributed by atoms with Crippen LogP contribution in [0, 0.1) is 11.6 Å². The number of ether oxygens (including phenoxy) is 1. The van der Waals surface area contributed by atoms with Gasteiger partial charge in [0.15, 0.2) is 5.96 Å². The zero-order valence-electron chi connectivity index (χ0n) is 14.7. The van der Waals surface area contributed by atoms with Crippen molar-refractivity contribution in [2.24, 2.45) is 4.99 Å². The Kier molecular flexibility index (Phi) is 6.74. The molecule has 0 atom stereocenters. The van der Waals surface area contributed by atoms with Crippen LogP contribution in [0.25, 0.3) is 0 Å². The van der Waals surface area contributed by atoms with Gasteiger partial charge in [-0.2, -0.15) is 0 Å². The molecule has 1 N–H and O–H groups in total. The molecular weight excluding hydrogens is 324 g/mol. The zero-order valence-corrected chi connectivity index (χ0v) is 14.7. The highest BCUT2D eigenvalue weighted by atomic mass is 19.1. The van der Waals surface area contributed by atoms with E-state index in [4.69, 9.17) is 4.74 Å². The molecule has 2 aromatic rings. The number of guanidine groups is 1. The normalized spacial score (nSPS) is 11.3. The maximum atomic E-state index is 13.7. The SMILES string of the molecule is CN=C(NCCc1cc(F)ccc1F)N(C)Cc1ccccc1OC. The monoisotopic (exact) mass is 347 g/mol. The molecule has 4 nitrogen and oxygen atoms in total. The third kappa shape index (κ3) is 5.17. The number of halogens is 2. The molecular formula is C19H23F2N3O. The smallest absolute Gasteiger partial charge is 0.193 e. The molecule has 0 amide bonds. The molecule has 2 rings (SSSR count). The van der Waals surface area contributed by atoms with E-state index in [1.807, 2.05) is 36.2 Å². The fourth-order valence-electron chi connectivity index (χ4n) is 2.59. The number of methoxy groups -OCH3 is 1. The fraction of sp³-hybridized carbons (Fsp3) is 0.316. The lowest BCUT2D eigenvalue weighted by atomic mass is 10.1. The van der Waals surface area contributed by atoms with E-state index in [-0.39, 0.29) is 0 Å². The predicted octanol–water partition coefficient (Wildman–Crippen LogP) is 3.22. The number of para-hydroxylation sites is 1. The summed E-state index contributed by atoms with van der Waals surface area (Å²) in [5.74, 6) is 0.643. The van der Waals surface area contributed by atoms with Crippen molar-refractivity contribution in [2.75, 3.05) is 27.7 Å². The van der Waals surface area contributed by atoms with Gasteiger partial charge in [0.25, 0.3) is 0 Å². The second kappa shape index (κ2) is 9.01. The highest BCUT2D eigenvalue weighted by Gasteiger charge is 2.10. The van der Waals surface area contributed by atoms with Crippen molar-refractivity contribution < 1.29 is 13.5 Å². The van der Waals surface area contributed by atoms with Gasteiger partial charge in [-0.25, -0.2) is 8.78 Å². The van der Waals surface area contributed by atoms with E-state index in [1.54, 1.807) is 14.2 Å². The number of rotatable bonds is 6. The average Bonchev–Trinajstić information content (AvgIpc) is 2.62. The van der Waals surface area contributed by atoms with Gasteiger partial charge in [-0.05, 0) is 36.2 Å². The van der Waals surface area contributed by atoms with E-state index in [0.717, 1.165) is 23.4 Å². The summed E-state index contributed by atoms with van der Waals surface area (Å²) < 4.78 is 32.2. The predicted molar refractivity (Wildman–Crippen MR) is 95.9 cm³/mol. The van der Waals surface area contributed by atoms with Crippen molar-refractivity contribution in [3.8, 4) is 5.75 Å². The summed E-state index contributed by atoms with van der Waals surface area (Å²) in [5, 5.41) is 3.17. The van der Waals surface area contributed by atoms with Crippen LogP contribution >= 0.6 is 0 Å². The van der Waals surface area contributed by atoms with Crippen LogP contribution in [-0.4, -0.2) is 38.6 Å². The van der Waals surface area contributed by atoms with Gasteiger partial charge >= 0.3 is 0 Å². The van der Waals surface area contributed by atoms with E-state index < -0.39 is 11.6 Å². The topological polar surface area (TPSA) is 36.9 Å². The van der Waals surface area contributed by atoms with Crippen molar-refractivity contribution in [3.63, 3.8) is 0 Å². The van der Waals surface area contributed by atoms with Crippen LogP contribution in [0.1, 0.15) is 11.1 Å². The number of aliphatic imine (C=N–C) groups is 1. The number of hydrogen-bond donors (Lipinski definition) is 1. The Hall–Kier alpha value is -2.63. The standard InChI is InChI=1S/C19H23F2N3O/c1-22-19(23-11-10-14-12-16(20)8-9-17(14)21)24(2)13-15-6-4-5-7-18(15)25-3/h4-9,12H,10-11,13H2,1-3H3,(H,22,23). The van der Waals surface area contributed by atoms with Crippen molar-refractivity contribution in [3.05, 3.63) is 65.2 Å². The van der Waals surface area contributed by atoms with Gasteiger partial charge in [-0.3, -0.25) is 4.99 Å². The summed E-state index contributed by atoms with van der Waals surface area (Å²) in [4.78, 5) is 6.18. The summed E-state index contributed by atoms with van der Waals surface area (Å²) in [7, 11) is 5.23. The Morgan fingerprint density at radius 2 is 1.92 bits per heavy atom. The molecule has 0 aliphatic rings. The summed E-state index contributed by atoms with van der Waals surface area (Å²) in [6, 6.07) is 11.3. The van der Waals surface area contributed by atoms with Gasteiger partial charge in [-0.1, -0.05) is 18.2 Å². The van der Waals surface area contributed by atoms with Crippen molar-refractivity contribution in [1.29, 1.82) is 0 Å². The van der Waals surface area contributed by atoms with E-state index in [1.165, 1.54) is 6.07 Å². The van der Waals surface area contributed by atoms with E-state index >= 15 is 0 Å². The average molecular weight is 347 g/mol. The van der Waals surface area contributed by atoms with E-state index in [2.05, 4.69) is 10.3 Å². The van der Waals surface area contributed by atoms with Gasteiger partial charge < -0.3 is 15.0 Å². The molecule has 0 spiro atoms. The van der Waals surface area contributed by atoms with Crippen LogP contribution in [0.5, 0.6) is 5.75 Å². The minimum absolute atomic E-state index is 0.343. The summed E-state index contributed by atoms with van der Waals surface area (Å²) >= 11 is 0. The number of nitrogens with one attached hydrogen (secondary N) is 1. The molecule has 0 fully saturated rings. The zero-order chi connectivity index (χ0) is 18.2. The van der Waals surface area contributed by atoms with Crippen LogP contribution in [0.4, 0.5) is 8.78 Å². The van der Waals surface area contributed by atoms with Gasteiger partial charge in [0, 0.05) is 32.7 Å². The first kappa shape index (κ1) is 18.7. The lowest BCUT2D eigenvalue weighted by Crippen LogP contribution is -2.39. The Balaban J connectivity index is 1.94. The molecule has 0 heterocycles. The first-order chi connectivity index (χ1) is 12.0. The van der Waals surface area contributed by atoms with Crippen LogP contribution < -0.4 is 10.1 Å². The van der Waals surface area contributed by atoms with Crippen LogP contribution in [-0.2, 0) is 13.0 Å². The Morgan fingerprint density at radius 3 is 2.64 bits per heavy atom. The summed E-state index contributed by atoms with van der Waals surface area (Å²) in [6.07, 6.45) is 0.366. The van der Waals surface area contributed by atoms with Gasteiger partial charge in [0.2, 0.25) is 0 Å². The summed E-state index contributed by atoms with van der Waals surface area (Å²) in [5.41, 5.74) is 1.38. The van der Waals surface area contributed by atoms with Crippen LogP contribution in [0.15, 0.2) is 47.5 Å². The molecule has 0 unspecified atom stereocenters. The van der Waals surface area contributed by atoms with Crippen LogP contribution in [0.3, 0.4) is 0 Å². The molecule has 0 radical (unpaired) electrons. The maximum Gasteiger partial charge on any atom is 0.193 e. The largest absolute Gasteiger partial charge is 0.496 e. The molecule has 0 aromatic heterocycles. The third-order valence-corrected chi connectivity index (χ3v) is 3.86. The van der Waals surface area contributed by atoms with Gasteiger partial charge in [0.05, 0.1) is 7.11 Å². The molecule has 0 bridgehead atoms. The minimum atomic E-state index is -0.436. The highest BCUT2D eigenvalue weighted by molar-refractivity contribution is 5.79.